The van der Waals surface area contributed by atoms with Gasteiger partial charge in [-0.25, -0.2) is 9.78 Å². The van der Waals surface area contributed by atoms with Crippen LogP contribution in [0.25, 0.3) is 21.8 Å². The molecule has 0 saturated carbocycles. The average molecular weight is 363 g/mol. The Labute approximate surface area is 154 Å². The van der Waals surface area contributed by atoms with Crippen molar-refractivity contribution in [3.63, 3.8) is 0 Å². The average Bonchev–Trinajstić information content (AvgIpc) is 3.11. The smallest absolute Gasteiger partial charge is 0.355 e. The van der Waals surface area contributed by atoms with Crippen LogP contribution in [0.3, 0.4) is 0 Å². The summed E-state index contributed by atoms with van der Waals surface area (Å²) >= 11 is 0. The van der Waals surface area contributed by atoms with Crippen LogP contribution >= 0.6 is 0 Å². The summed E-state index contributed by atoms with van der Waals surface area (Å²) < 4.78 is 10.7. The van der Waals surface area contributed by atoms with E-state index in [4.69, 9.17) is 9.47 Å². The van der Waals surface area contributed by atoms with Gasteiger partial charge in [0.05, 0.1) is 18.0 Å². The molecule has 4 aromatic rings. The summed E-state index contributed by atoms with van der Waals surface area (Å²) in [5, 5.41) is 1.36. The van der Waals surface area contributed by atoms with Gasteiger partial charge in [0.15, 0.2) is 11.9 Å². The van der Waals surface area contributed by atoms with Gasteiger partial charge in [-0.1, -0.05) is 12.1 Å². The van der Waals surface area contributed by atoms with Crippen LogP contribution in [-0.2, 0) is 4.74 Å². The van der Waals surface area contributed by atoms with E-state index in [-0.39, 0.29) is 5.56 Å². The number of esters is 1. The Morgan fingerprint density at radius 2 is 1.93 bits per heavy atom. The molecule has 0 aliphatic heterocycles. The minimum Gasteiger partial charge on any atom is -0.497 e. The Morgan fingerprint density at radius 1 is 1.11 bits per heavy atom. The van der Waals surface area contributed by atoms with E-state index < -0.39 is 12.1 Å². The highest BCUT2D eigenvalue weighted by atomic mass is 16.5. The van der Waals surface area contributed by atoms with Crippen molar-refractivity contribution in [2.24, 2.45) is 0 Å². The molecule has 0 aliphatic carbocycles. The van der Waals surface area contributed by atoms with Gasteiger partial charge >= 0.3 is 5.97 Å². The summed E-state index contributed by atoms with van der Waals surface area (Å²) in [5.74, 6) is 0.453. The van der Waals surface area contributed by atoms with Gasteiger partial charge in [0.25, 0.3) is 5.56 Å². The number of aromatic nitrogens is 3. The maximum Gasteiger partial charge on any atom is 0.355 e. The molecule has 0 spiro atoms. The van der Waals surface area contributed by atoms with Crippen LogP contribution in [0.5, 0.6) is 5.75 Å². The summed E-state index contributed by atoms with van der Waals surface area (Å²) in [7, 11) is 1.58. The molecule has 0 radical (unpaired) electrons. The Hall–Kier alpha value is -3.61. The minimum absolute atomic E-state index is 0.267. The van der Waals surface area contributed by atoms with E-state index >= 15 is 0 Å². The second-order valence-electron chi connectivity index (χ2n) is 6.15. The number of carbonyl (C=O) groups excluding carboxylic acids is 1. The van der Waals surface area contributed by atoms with Crippen molar-refractivity contribution >= 4 is 27.8 Å². The first-order valence-electron chi connectivity index (χ1n) is 8.42. The summed E-state index contributed by atoms with van der Waals surface area (Å²) in [5.41, 5.74) is 1.37. The Morgan fingerprint density at radius 3 is 2.74 bits per heavy atom. The molecule has 0 unspecified atom stereocenters. The molecule has 2 aromatic carbocycles. The van der Waals surface area contributed by atoms with Crippen LogP contribution in [0.2, 0.25) is 0 Å². The van der Waals surface area contributed by atoms with Crippen molar-refractivity contribution in [1.82, 2.24) is 15.0 Å². The number of nitrogens with one attached hydrogen (secondary N) is 2. The lowest BCUT2D eigenvalue weighted by atomic mass is 10.2. The fourth-order valence-electron chi connectivity index (χ4n) is 2.92. The molecule has 7 heteroatoms. The standard InChI is InChI=1S/C20H17N3O4/c1-11(18-22-15-6-4-3-5-14(15)19(24)23-18)27-20(25)17-9-12-7-8-13(26-2)10-16(12)21-17/h3-11,21H,1-2H3,(H,22,23,24)/t11-/m0/s1. The number of para-hydroxylation sites is 1. The van der Waals surface area contributed by atoms with Gasteiger partial charge in [-0.05, 0) is 37.3 Å². The first-order chi connectivity index (χ1) is 13.0. The van der Waals surface area contributed by atoms with Crippen molar-refractivity contribution in [3.05, 3.63) is 70.4 Å². The van der Waals surface area contributed by atoms with Crippen LogP contribution in [0.4, 0.5) is 0 Å². The number of carbonyl (C=O) groups is 1. The van der Waals surface area contributed by atoms with Gasteiger partial charge in [0.2, 0.25) is 0 Å². The highest BCUT2D eigenvalue weighted by molar-refractivity contribution is 5.95. The van der Waals surface area contributed by atoms with E-state index in [1.54, 1.807) is 50.4 Å². The molecule has 0 aliphatic rings. The number of hydrogen-bond acceptors (Lipinski definition) is 5. The Kier molecular flexibility index (Phi) is 4.12. The molecule has 2 N–H and O–H groups in total. The van der Waals surface area contributed by atoms with Gasteiger partial charge in [0.1, 0.15) is 11.4 Å². The first-order valence-corrected chi connectivity index (χ1v) is 8.42. The van der Waals surface area contributed by atoms with Crippen molar-refractivity contribution in [2.45, 2.75) is 13.0 Å². The fourth-order valence-corrected chi connectivity index (χ4v) is 2.92. The second-order valence-corrected chi connectivity index (χ2v) is 6.15. The zero-order valence-corrected chi connectivity index (χ0v) is 14.8. The van der Waals surface area contributed by atoms with E-state index in [0.29, 0.717) is 28.2 Å². The molecule has 2 aromatic heterocycles. The van der Waals surface area contributed by atoms with Crippen LogP contribution in [0.15, 0.2) is 53.3 Å². The minimum atomic E-state index is -0.712. The van der Waals surface area contributed by atoms with Crippen LogP contribution < -0.4 is 10.3 Å². The molecular weight excluding hydrogens is 346 g/mol. The van der Waals surface area contributed by atoms with Crippen LogP contribution in [0, 0.1) is 0 Å². The summed E-state index contributed by atoms with van der Waals surface area (Å²) in [6.07, 6.45) is -0.712. The number of hydrogen-bond donors (Lipinski definition) is 2. The molecular formula is C20H17N3O4. The van der Waals surface area contributed by atoms with E-state index in [1.807, 2.05) is 12.1 Å². The second kappa shape index (κ2) is 6.60. The first kappa shape index (κ1) is 16.8. The van der Waals surface area contributed by atoms with Crippen molar-refractivity contribution in [2.75, 3.05) is 7.11 Å². The molecule has 0 bridgehead atoms. The third-order valence-corrected chi connectivity index (χ3v) is 4.35. The normalized spacial score (nSPS) is 12.2. The topological polar surface area (TPSA) is 97.1 Å². The van der Waals surface area contributed by atoms with Gasteiger partial charge < -0.3 is 19.4 Å². The van der Waals surface area contributed by atoms with Crippen LogP contribution in [-0.4, -0.2) is 28.0 Å². The molecule has 0 saturated heterocycles. The largest absolute Gasteiger partial charge is 0.497 e. The monoisotopic (exact) mass is 363 g/mol. The van der Waals surface area contributed by atoms with E-state index in [0.717, 1.165) is 10.9 Å². The number of aromatic amines is 2. The highest BCUT2D eigenvalue weighted by Crippen LogP contribution is 2.23. The Bertz CT molecular complexity index is 1210. The summed E-state index contributed by atoms with van der Waals surface area (Å²) in [4.78, 5) is 34.8. The molecule has 2 heterocycles. The van der Waals surface area contributed by atoms with Crippen molar-refractivity contribution in [3.8, 4) is 5.75 Å². The van der Waals surface area contributed by atoms with Gasteiger partial charge in [-0.3, -0.25) is 4.79 Å². The van der Waals surface area contributed by atoms with E-state index in [2.05, 4.69) is 15.0 Å². The lowest BCUT2D eigenvalue weighted by molar-refractivity contribution is 0.0314. The van der Waals surface area contributed by atoms with E-state index in [9.17, 15) is 9.59 Å². The number of nitrogens with zero attached hydrogens (tertiary/aromatic N) is 1. The lowest BCUT2D eigenvalue weighted by Crippen LogP contribution is -2.17. The molecule has 136 valence electrons. The Balaban J connectivity index is 1.60. The SMILES string of the molecule is COc1ccc2cc(C(=O)O[C@@H](C)c3nc4ccccc4c(=O)[nH]3)[nH]c2c1. The van der Waals surface area contributed by atoms with E-state index in [1.165, 1.54) is 0 Å². The van der Waals surface area contributed by atoms with Gasteiger partial charge in [0, 0.05) is 17.0 Å². The number of ether oxygens (including phenoxy) is 2. The molecule has 27 heavy (non-hydrogen) atoms. The molecule has 0 fully saturated rings. The maximum atomic E-state index is 12.5. The maximum absolute atomic E-state index is 12.5. The molecule has 7 nitrogen and oxygen atoms in total. The summed E-state index contributed by atoms with van der Waals surface area (Å²) in [6.45, 7) is 1.66. The number of fused-ring (bicyclic) bond motifs is 2. The predicted molar refractivity (Wildman–Crippen MR) is 101 cm³/mol. The van der Waals surface area contributed by atoms with Gasteiger partial charge in [-0.15, -0.1) is 0 Å². The number of methoxy groups -OCH3 is 1. The quantitative estimate of drug-likeness (QED) is 0.542. The zero-order valence-electron chi connectivity index (χ0n) is 14.8. The van der Waals surface area contributed by atoms with Crippen molar-refractivity contribution in [1.29, 1.82) is 0 Å². The summed E-state index contributed by atoms with van der Waals surface area (Å²) in [6, 6.07) is 14.2. The molecule has 0 amide bonds. The lowest BCUT2D eigenvalue weighted by Gasteiger charge is -2.12. The van der Waals surface area contributed by atoms with Crippen molar-refractivity contribution < 1.29 is 14.3 Å². The third kappa shape index (κ3) is 3.15. The van der Waals surface area contributed by atoms with Crippen LogP contribution in [0.1, 0.15) is 29.3 Å². The molecule has 4 rings (SSSR count). The third-order valence-electron chi connectivity index (χ3n) is 4.35. The predicted octanol–water partition coefficient (Wildman–Crippen LogP) is 3.33. The zero-order chi connectivity index (χ0) is 19.0. The number of H-pyrrole nitrogens is 2. The number of benzene rings is 2. The number of rotatable bonds is 4. The van der Waals surface area contributed by atoms with Gasteiger partial charge in [-0.2, -0.15) is 0 Å². The highest BCUT2D eigenvalue weighted by Gasteiger charge is 2.18. The molecule has 1 atom stereocenters. The fraction of sp³-hybridized carbons (Fsp3) is 0.150.